The number of piperidine rings is 1. The maximum atomic E-state index is 5.69. The van der Waals surface area contributed by atoms with Crippen LogP contribution in [0.15, 0.2) is 0 Å². The standard InChI is InChI=1S/C11H17N3OS/c1-2-6-12-9(3-1)7-15-11-13-10(14-16-11)8-4-5-8/h8-9,12H,1-7H2. The van der Waals surface area contributed by atoms with Gasteiger partial charge in [-0.15, -0.1) is 0 Å². The summed E-state index contributed by atoms with van der Waals surface area (Å²) in [6.07, 6.45) is 6.32. The van der Waals surface area contributed by atoms with E-state index in [0.29, 0.717) is 12.0 Å². The number of hydrogen-bond donors (Lipinski definition) is 1. The number of rotatable bonds is 4. The fraction of sp³-hybridized carbons (Fsp3) is 0.818. The van der Waals surface area contributed by atoms with E-state index in [0.717, 1.165) is 24.2 Å². The van der Waals surface area contributed by atoms with Crippen molar-refractivity contribution in [3.05, 3.63) is 5.82 Å². The maximum Gasteiger partial charge on any atom is 0.293 e. The molecule has 1 N–H and O–H groups in total. The molecule has 0 bridgehead atoms. The number of ether oxygens (including phenoxy) is 1. The molecule has 2 aliphatic rings. The first-order chi connectivity index (χ1) is 7.92. The molecule has 3 rings (SSSR count). The van der Waals surface area contributed by atoms with Gasteiger partial charge in [0.2, 0.25) is 0 Å². The topological polar surface area (TPSA) is 47.0 Å². The summed E-state index contributed by atoms with van der Waals surface area (Å²) in [4.78, 5) is 4.41. The molecular weight excluding hydrogens is 222 g/mol. The van der Waals surface area contributed by atoms with Gasteiger partial charge in [0.1, 0.15) is 12.4 Å². The van der Waals surface area contributed by atoms with Gasteiger partial charge in [-0.1, -0.05) is 6.42 Å². The normalized spacial score (nSPS) is 25.6. The zero-order chi connectivity index (χ0) is 10.8. The van der Waals surface area contributed by atoms with Crippen LogP contribution in [-0.2, 0) is 0 Å². The van der Waals surface area contributed by atoms with Crippen molar-refractivity contribution in [2.24, 2.45) is 0 Å². The van der Waals surface area contributed by atoms with Gasteiger partial charge in [-0.25, -0.2) is 0 Å². The van der Waals surface area contributed by atoms with Crippen LogP contribution in [0, 0.1) is 0 Å². The van der Waals surface area contributed by atoms with Crippen LogP contribution in [0.2, 0.25) is 0 Å². The zero-order valence-corrected chi connectivity index (χ0v) is 10.1. The van der Waals surface area contributed by atoms with Crippen molar-refractivity contribution in [2.75, 3.05) is 13.2 Å². The molecule has 0 amide bonds. The van der Waals surface area contributed by atoms with E-state index >= 15 is 0 Å². The Morgan fingerprint density at radius 2 is 2.25 bits per heavy atom. The van der Waals surface area contributed by atoms with E-state index in [2.05, 4.69) is 14.7 Å². The highest BCUT2D eigenvalue weighted by Crippen LogP contribution is 2.39. The van der Waals surface area contributed by atoms with E-state index in [-0.39, 0.29) is 0 Å². The minimum atomic E-state index is 0.502. The van der Waals surface area contributed by atoms with Gasteiger partial charge in [-0.3, -0.25) is 0 Å². The van der Waals surface area contributed by atoms with E-state index in [4.69, 9.17) is 4.74 Å². The fourth-order valence-electron chi connectivity index (χ4n) is 2.02. The Kier molecular flexibility index (Phi) is 3.06. The van der Waals surface area contributed by atoms with Crippen LogP contribution in [0.4, 0.5) is 0 Å². The summed E-state index contributed by atoms with van der Waals surface area (Å²) in [7, 11) is 0. The molecule has 1 aromatic heterocycles. The molecule has 1 saturated carbocycles. The lowest BCUT2D eigenvalue weighted by molar-refractivity contribution is 0.238. The Bertz CT molecular complexity index is 345. The molecular formula is C11H17N3OS. The number of hydrogen-bond acceptors (Lipinski definition) is 5. The van der Waals surface area contributed by atoms with E-state index in [1.165, 1.54) is 43.6 Å². The van der Waals surface area contributed by atoms with Crippen molar-refractivity contribution in [1.82, 2.24) is 14.7 Å². The zero-order valence-electron chi connectivity index (χ0n) is 9.32. The Balaban J connectivity index is 1.49. The molecule has 1 aromatic rings. The number of nitrogens with one attached hydrogen (secondary N) is 1. The summed E-state index contributed by atoms with van der Waals surface area (Å²) in [5, 5.41) is 4.21. The van der Waals surface area contributed by atoms with Crippen LogP contribution < -0.4 is 10.1 Å². The summed E-state index contributed by atoms with van der Waals surface area (Å²) >= 11 is 1.40. The van der Waals surface area contributed by atoms with Crippen molar-refractivity contribution in [2.45, 2.75) is 44.1 Å². The van der Waals surface area contributed by atoms with E-state index in [9.17, 15) is 0 Å². The van der Waals surface area contributed by atoms with Gasteiger partial charge >= 0.3 is 0 Å². The maximum absolute atomic E-state index is 5.69. The molecule has 0 spiro atoms. The largest absolute Gasteiger partial charge is 0.467 e. The van der Waals surface area contributed by atoms with Gasteiger partial charge in [-0.2, -0.15) is 9.36 Å². The predicted molar refractivity (Wildman–Crippen MR) is 63.0 cm³/mol. The molecule has 0 aromatic carbocycles. The molecule has 1 atom stereocenters. The highest BCUT2D eigenvalue weighted by Gasteiger charge is 2.28. The molecule has 4 nitrogen and oxygen atoms in total. The van der Waals surface area contributed by atoms with Crippen LogP contribution >= 0.6 is 11.5 Å². The Morgan fingerprint density at radius 3 is 3.00 bits per heavy atom. The summed E-state index contributed by atoms with van der Waals surface area (Å²) < 4.78 is 10.0. The van der Waals surface area contributed by atoms with Gasteiger partial charge in [0.25, 0.3) is 5.19 Å². The number of aromatic nitrogens is 2. The van der Waals surface area contributed by atoms with Gasteiger partial charge in [0.05, 0.1) is 0 Å². The third kappa shape index (κ3) is 2.52. The molecule has 1 saturated heterocycles. The molecule has 16 heavy (non-hydrogen) atoms. The lowest BCUT2D eigenvalue weighted by Crippen LogP contribution is -2.38. The van der Waals surface area contributed by atoms with Gasteiger partial charge < -0.3 is 10.1 Å². The highest BCUT2D eigenvalue weighted by atomic mass is 32.1. The fourth-order valence-corrected chi connectivity index (χ4v) is 2.64. The smallest absolute Gasteiger partial charge is 0.293 e. The van der Waals surface area contributed by atoms with Crippen molar-refractivity contribution < 1.29 is 4.74 Å². The highest BCUT2D eigenvalue weighted by molar-refractivity contribution is 7.07. The third-order valence-corrected chi connectivity index (χ3v) is 3.83. The van der Waals surface area contributed by atoms with Crippen molar-refractivity contribution >= 4 is 11.5 Å². The lowest BCUT2D eigenvalue weighted by atomic mass is 10.1. The molecule has 0 radical (unpaired) electrons. The Morgan fingerprint density at radius 1 is 1.31 bits per heavy atom. The lowest BCUT2D eigenvalue weighted by Gasteiger charge is -2.22. The first kappa shape index (κ1) is 10.5. The van der Waals surface area contributed by atoms with Crippen LogP contribution in [0.25, 0.3) is 0 Å². The quantitative estimate of drug-likeness (QED) is 0.872. The second-order valence-corrected chi connectivity index (χ2v) is 5.36. The molecule has 2 fully saturated rings. The molecule has 1 unspecified atom stereocenters. The first-order valence-electron chi connectivity index (χ1n) is 6.11. The van der Waals surface area contributed by atoms with Crippen molar-refractivity contribution in [3.8, 4) is 5.19 Å². The van der Waals surface area contributed by atoms with E-state index in [1.54, 1.807) is 0 Å². The van der Waals surface area contributed by atoms with Crippen molar-refractivity contribution in [3.63, 3.8) is 0 Å². The van der Waals surface area contributed by atoms with Gasteiger partial charge in [0.15, 0.2) is 0 Å². The minimum absolute atomic E-state index is 0.502. The SMILES string of the molecule is C1CCC(COc2nc(C3CC3)ns2)NC1. The van der Waals surface area contributed by atoms with Gasteiger partial charge in [-0.05, 0) is 32.2 Å². The van der Waals surface area contributed by atoms with E-state index < -0.39 is 0 Å². The summed E-state index contributed by atoms with van der Waals surface area (Å²) in [6, 6.07) is 0.502. The van der Waals surface area contributed by atoms with Crippen LogP contribution in [-0.4, -0.2) is 28.6 Å². The third-order valence-electron chi connectivity index (χ3n) is 3.19. The van der Waals surface area contributed by atoms with E-state index in [1.807, 2.05) is 0 Å². The summed E-state index contributed by atoms with van der Waals surface area (Å²) in [5.41, 5.74) is 0. The average molecular weight is 239 g/mol. The van der Waals surface area contributed by atoms with Crippen LogP contribution in [0.1, 0.15) is 43.8 Å². The second-order valence-electron chi connectivity index (χ2n) is 4.65. The minimum Gasteiger partial charge on any atom is -0.467 e. The molecule has 1 aliphatic heterocycles. The first-order valence-corrected chi connectivity index (χ1v) is 6.89. The van der Waals surface area contributed by atoms with Crippen LogP contribution in [0.3, 0.4) is 0 Å². The predicted octanol–water partition coefficient (Wildman–Crippen LogP) is 1.94. The molecule has 88 valence electrons. The Hall–Kier alpha value is -0.680. The summed E-state index contributed by atoms with van der Waals surface area (Å²) in [5.74, 6) is 1.62. The molecule has 2 heterocycles. The summed E-state index contributed by atoms with van der Waals surface area (Å²) in [6.45, 7) is 1.86. The Labute approximate surface area is 99.6 Å². The molecule has 1 aliphatic carbocycles. The average Bonchev–Trinajstić information content (AvgIpc) is 3.08. The molecule has 5 heteroatoms. The van der Waals surface area contributed by atoms with Gasteiger partial charge in [0, 0.05) is 23.5 Å². The monoisotopic (exact) mass is 239 g/mol. The van der Waals surface area contributed by atoms with Crippen LogP contribution in [0.5, 0.6) is 5.19 Å². The van der Waals surface area contributed by atoms with Crippen molar-refractivity contribution in [1.29, 1.82) is 0 Å². The number of nitrogens with zero attached hydrogens (tertiary/aromatic N) is 2. The second kappa shape index (κ2) is 4.67.